The van der Waals surface area contributed by atoms with Gasteiger partial charge in [0.1, 0.15) is 0 Å². The smallest absolute Gasteiger partial charge is 0.240 e. The molecule has 0 radical (unpaired) electrons. The fraction of sp³-hybridized carbons (Fsp3) is 0.429. The maximum Gasteiger partial charge on any atom is 0.240 e. The molecule has 1 fully saturated rings. The first-order valence-corrected chi connectivity index (χ1v) is 7.64. The third-order valence-corrected chi connectivity index (χ3v) is 4.56. The van der Waals surface area contributed by atoms with Crippen LogP contribution in [0.1, 0.15) is 6.42 Å². The van der Waals surface area contributed by atoms with Crippen molar-refractivity contribution in [2.24, 2.45) is 11.7 Å². The summed E-state index contributed by atoms with van der Waals surface area (Å²) in [5.41, 5.74) is 6.59. The lowest BCUT2D eigenvalue weighted by Gasteiger charge is -2.14. The predicted octanol–water partition coefficient (Wildman–Crippen LogP) is 1.52. The molecule has 0 saturated carbocycles. The highest BCUT2D eigenvalue weighted by Crippen LogP contribution is 2.25. The Bertz CT molecular complexity index is 579. The molecule has 1 unspecified atom stereocenters. The quantitative estimate of drug-likeness (QED) is 0.895. The first-order chi connectivity index (χ1) is 9.74. The van der Waals surface area contributed by atoms with Crippen LogP contribution in [0.3, 0.4) is 0 Å². The molecule has 1 aliphatic heterocycles. The van der Waals surface area contributed by atoms with Crippen LogP contribution in [-0.2, 0) is 4.79 Å². The van der Waals surface area contributed by atoms with E-state index in [1.165, 1.54) is 11.3 Å². The molecule has 106 valence electrons. The molecule has 0 bridgehead atoms. The van der Waals surface area contributed by atoms with Crippen LogP contribution in [0.15, 0.2) is 24.3 Å². The molecule has 6 heteroatoms. The van der Waals surface area contributed by atoms with Gasteiger partial charge in [0.15, 0.2) is 5.13 Å². The molecule has 2 aromatic rings. The van der Waals surface area contributed by atoms with Gasteiger partial charge in [-0.1, -0.05) is 23.5 Å². The van der Waals surface area contributed by atoms with Crippen molar-refractivity contribution in [3.8, 4) is 0 Å². The van der Waals surface area contributed by atoms with E-state index in [2.05, 4.69) is 15.2 Å². The van der Waals surface area contributed by atoms with Gasteiger partial charge in [-0.2, -0.15) is 0 Å². The van der Waals surface area contributed by atoms with E-state index in [0.717, 1.165) is 29.7 Å². The predicted molar refractivity (Wildman–Crippen MR) is 81.9 cm³/mol. The molecule has 1 atom stereocenters. The number of anilines is 1. The highest BCUT2D eigenvalue weighted by atomic mass is 32.1. The molecule has 1 aliphatic rings. The topological polar surface area (TPSA) is 71.2 Å². The lowest BCUT2D eigenvalue weighted by Crippen LogP contribution is -2.32. The van der Waals surface area contributed by atoms with Gasteiger partial charge in [0, 0.05) is 6.54 Å². The number of para-hydroxylation sites is 1. The summed E-state index contributed by atoms with van der Waals surface area (Å²) >= 11 is 1.51. The van der Waals surface area contributed by atoms with Gasteiger partial charge in [0.05, 0.1) is 16.8 Å². The second kappa shape index (κ2) is 5.87. The normalized spacial score (nSPS) is 19.6. The minimum absolute atomic E-state index is 0.00160. The summed E-state index contributed by atoms with van der Waals surface area (Å²) in [6, 6.07) is 7.89. The molecule has 1 aromatic heterocycles. The van der Waals surface area contributed by atoms with Crippen LogP contribution in [-0.4, -0.2) is 42.0 Å². The molecule has 0 aliphatic carbocycles. The van der Waals surface area contributed by atoms with E-state index < -0.39 is 0 Å². The number of carbonyl (C=O) groups is 1. The molecular formula is C14H18N4OS. The fourth-order valence-electron chi connectivity index (χ4n) is 2.54. The number of amides is 1. The Kier molecular flexibility index (Phi) is 3.95. The Morgan fingerprint density at radius 3 is 3.10 bits per heavy atom. The monoisotopic (exact) mass is 290 g/mol. The van der Waals surface area contributed by atoms with Crippen LogP contribution in [0.5, 0.6) is 0 Å². The van der Waals surface area contributed by atoms with Crippen LogP contribution < -0.4 is 11.1 Å². The largest absolute Gasteiger partial charge is 0.330 e. The zero-order chi connectivity index (χ0) is 13.9. The number of carbonyl (C=O) groups excluding carboxylic acids is 1. The summed E-state index contributed by atoms with van der Waals surface area (Å²) in [5.74, 6) is 0.534. The van der Waals surface area contributed by atoms with Gasteiger partial charge in [-0.3, -0.25) is 9.69 Å². The van der Waals surface area contributed by atoms with Gasteiger partial charge in [-0.15, -0.1) is 0 Å². The van der Waals surface area contributed by atoms with E-state index in [1.807, 2.05) is 24.3 Å². The lowest BCUT2D eigenvalue weighted by molar-refractivity contribution is -0.117. The molecule has 3 N–H and O–H groups in total. The number of hydrogen-bond donors (Lipinski definition) is 2. The Hall–Kier alpha value is -1.50. The SMILES string of the molecule is NCC1CCN(CC(=O)Nc2nc3ccccc3s2)C1. The number of nitrogens with one attached hydrogen (secondary N) is 1. The molecule has 5 nitrogen and oxygen atoms in total. The highest BCUT2D eigenvalue weighted by molar-refractivity contribution is 7.22. The Labute approximate surface area is 121 Å². The number of rotatable bonds is 4. The molecule has 20 heavy (non-hydrogen) atoms. The maximum atomic E-state index is 12.0. The standard InChI is InChI=1S/C14H18N4OS/c15-7-10-5-6-18(8-10)9-13(19)17-14-16-11-3-1-2-4-12(11)20-14/h1-4,10H,5-9,15H2,(H,16,17,19). The van der Waals surface area contributed by atoms with Crippen molar-refractivity contribution in [1.29, 1.82) is 0 Å². The van der Waals surface area contributed by atoms with E-state index in [-0.39, 0.29) is 5.91 Å². The molecule has 0 spiro atoms. The average molecular weight is 290 g/mol. The first kappa shape index (κ1) is 13.5. The Morgan fingerprint density at radius 1 is 1.50 bits per heavy atom. The van der Waals surface area contributed by atoms with E-state index in [0.29, 0.717) is 24.1 Å². The Morgan fingerprint density at radius 2 is 2.35 bits per heavy atom. The lowest BCUT2D eigenvalue weighted by atomic mass is 10.1. The highest BCUT2D eigenvalue weighted by Gasteiger charge is 2.23. The summed E-state index contributed by atoms with van der Waals surface area (Å²) in [5, 5.41) is 3.56. The van der Waals surface area contributed by atoms with Gasteiger partial charge in [0.25, 0.3) is 0 Å². The summed E-state index contributed by atoms with van der Waals surface area (Å²) in [7, 11) is 0. The average Bonchev–Trinajstić information content (AvgIpc) is 3.04. The van der Waals surface area contributed by atoms with Crippen LogP contribution in [0.4, 0.5) is 5.13 Å². The second-order valence-corrected chi connectivity index (χ2v) is 6.19. The molecule has 1 aromatic carbocycles. The number of aromatic nitrogens is 1. The third-order valence-electron chi connectivity index (χ3n) is 3.61. The summed E-state index contributed by atoms with van der Waals surface area (Å²) in [4.78, 5) is 18.6. The van der Waals surface area contributed by atoms with Crippen LogP contribution in [0.25, 0.3) is 10.2 Å². The van der Waals surface area contributed by atoms with Crippen molar-refractivity contribution in [3.63, 3.8) is 0 Å². The molecule has 1 saturated heterocycles. The van der Waals surface area contributed by atoms with Crippen molar-refractivity contribution in [1.82, 2.24) is 9.88 Å². The summed E-state index contributed by atoms with van der Waals surface area (Å²) < 4.78 is 1.09. The zero-order valence-corrected chi connectivity index (χ0v) is 12.0. The minimum atomic E-state index is 0.00160. The van der Waals surface area contributed by atoms with Gasteiger partial charge in [0.2, 0.25) is 5.91 Å². The maximum absolute atomic E-state index is 12.0. The number of hydrogen-bond acceptors (Lipinski definition) is 5. The molecular weight excluding hydrogens is 272 g/mol. The van der Waals surface area contributed by atoms with Crippen molar-refractivity contribution in [3.05, 3.63) is 24.3 Å². The van der Waals surface area contributed by atoms with Gasteiger partial charge in [-0.05, 0) is 37.6 Å². The number of fused-ring (bicyclic) bond motifs is 1. The number of nitrogens with two attached hydrogens (primary N) is 1. The van der Waals surface area contributed by atoms with E-state index in [1.54, 1.807) is 0 Å². The fourth-order valence-corrected chi connectivity index (χ4v) is 3.42. The number of thiazole rings is 1. The van der Waals surface area contributed by atoms with E-state index in [4.69, 9.17) is 5.73 Å². The van der Waals surface area contributed by atoms with Crippen LogP contribution >= 0.6 is 11.3 Å². The number of benzene rings is 1. The van der Waals surface area contributed by atoms with Gasteiger partial charge >= 0.3 is 0 Å². The number of likely N-dealkylation sites (tertiary alicyclic amines) is 1. The Balaban J connectivity index is 1.58. The summed E-state index contributed by atoms with van der Waals surface area (Å²) in [6.45, 7) is 3.00. The van der Waals surface area contributed by atoms with E-state index >= 15 is 0 Å². The van der Waals surface area contributed by atoms with Crippen LogP contribution in [0.2, 0.25) is 0 Å². The van der Waals surface area contributed by atoms with Gasteiger partial charge < -0.3 is 11.1 Å². The van der Waals surface area contributed by atoms with Crippen molar-refractivity contribution < 1.29 is 4.79 Å². The minimum Gasteiger partial charge on any atom is -0.330 e. The summed E-state index contributed by atoms with van der Waals surface area (Å²) in [6.07, 6.45) is 1.09. The zero-order valence-electron chi connectivity index (χ0n) is 11.2. The van der Waals surface area contributed by atoms with Gasteiger partial charge in [-0.25, -0.2) is 4.98 Å². The molecule has 1 amide bonds. The van der Waals surface area contributed by atoms with Crippen molar-refractivity contribution in [2.75, 3.05) is 31.5 Å². The number of nitrogens with zero attached hydrogens (tertiary/aromatic N) is 2. The van der Waals surface area contributed by atoms with Crippen molar-refractivity contribution >= 4 is 32.6 Å². The van der Waals surface area contributed by atoms with Crippen molar-refractivity contribution in [2.45, 2.75) is 6.42 Å². The molecule has 3 rings (SSSR count). The first-order valence-electron chi connectivity index (χ1n) is 6.82. The molecule has 2 heterocycles. The second-order valence-electron chi connectivity index (χ2n) is 5.16. The van der Waals surface area contributed by atoms with E-state index in [9.17, 15) is 4.79 Å². The van der Waals surface area contributed by atoms with Crippen LogP contribution in [0, 0.1) is 5.92 Å². The third kappa shape index (κ3) is 2.98.